The van der Waals surface area contributed by atoms with E-state index in [0.717, 1.165) is 16.7 Å². The van der Waals surface area contributed by atoms with Crippen LogP contribution in [0.15, 0.2) is 34.9 Å². The molecule has 94 valence electrons. The van der Waals surface area contributed by atoms with Gasteiger partial charge in [0, 0.05) is 6.54 Å². The van der Waals surface area contributed by atoms with Gasteiger partial charge in [-0.25, -0.2) is 4.98 Å². The van der Waals surface area contributed by atoms with Crippen LogP contribution in [0.1, 0.15) is 16.7 Å². The second-order valence-corrected chi connectivity index (χ2v) is 5.42. The highest BCUT2D eigenvalue weighted by molar-refractivity contribution is 9.10. The topological polar surface area (TPSA) is 24.9 Å². The fourth-order valence-corrected chi connectivity index (χ4v) is 2.17. The van der Waals surface area contributed by atoms with Gasteiger partial charge in [-0.05, 0) is 52.5 Å². The lowest BCUT2D eigenvalue weighted by atomic mass is 10.0. The standard InChI is InChI=1S/C14H14BrClN2/c1-9-4-3-5-11(10(9)2)7-17-12-6-13(15)14(16)18-8-12/h3-6,8,17H,7H2,1-2H3. The number of rotatable bonds is 3. The molecule has 0 atom stereocenters. The number of nitrogens with zero attached hydrogens (tertiary/aromatic N) is 1. The number of benzene rings is 1. The molecule has 0 unspecified atom stereocenters. The minimum Gasteiger partial charge on any atom is -0.380 e. The highest BCUT2D eigenvalue weighted by Crippen LogP contribution is 2.23. The van der Waals surface area contributed by atoms with Crippen LogP contribution in [-0.2, 0) is 6.54 Å². The predicted octanol–water partition coefficient (Wildman–Crippen LogP) is 4.73. The first-order valence-electron chi connectivity index (χ1n) is 5.68. The van der Waals surface area contributed by atoms with Crippen molar-refractivity contribution in [2.75, 3.05) is 5.32 Å². The van der Waals surface area contributed by atoms with Crippen molar-refractivity contribution in [2.45, 2.75) is 20.4 Å². The molecule has 2 rings (SSSR count). The van der Waals surface area contributed by atoms with E-state index in [1.54, 1.807) is 6.20 Å². The molecule has 2 nitrogen and oxygen atoms in total. The SMILES string of the molecule is Cc1cccc(CNc2cnc(Cl)c(Br)c2)c1C. The Morgan fingerprint density at radius 3 is 2.83 bits per heavy atom. The highest BCUT2D eigenvalue weighted by atomic mass is 79.9. The van der Waals surface area contributed by atoms with Crippen molar-refractivity contribution in [3.63, 3.8) is 0 Å². The molecule has 0 amide bonds. The largest absolute Gasteiger partial charge is 0.380 e. The van der Waals surface area contributed by atoms with Gasteiger partial charge in [0.1, 0.15) is 5.15 Å². The summed E-state index contributed by atoms with van der Waals surface area (Å²) in [5, 5.41) is 3.82. The van der Waals surface area contributed by atoms with Crippen LogP contribution >= 0.6 is 27.5 Å². The molecule has 0 saturated heterocycles. The number of halogens is 2. The minimum atomic E-state index is 0.479. The van der Waals surface area contributed by atoms with Crippen LogP contribution in [0.3, 0.4) is 0 Å². The molecule has 0 spiro atoms. The van der Waals surface area contributed by atoms with Gasteiger partial charge in [-0.2, -0.15) is 0 Å². The fraction of sp³-hybridized carbons (Fsp3) is 0.214. The Bertz CT molecular complexity index is 570. The summed E-state index contributed by atoms with van der Waals surface area (Å²) in [6.45, 7) is 5.05. The van der Waals surface area contributed by atoms with Crippen molar-refractivity contribution in [2.24, 2.45) is 0 Å². The lowest BCUT2D eigenvalue weighted by molar-refractivity contribution is 1.10. The average molecular weight is 326 g/mol. The Morgan fingerprint density at radius 1 is 1.33 bits per heavy atom. The van der Waals surface area contributed by atoms with Gasteiger partial charge in [0.15, 0.2) is 0 Å². The van der Waals surface area contributed by atoms with E-state index in [0.29, 0.717) is 5.15 Å². The van der Waals surface area contributed by atoms with Crippen molar-refractivity contribution in [1.82, 2.24) is 4.98 Å². The zero-order valence-electron chi connectivity index (χ0n) is 10.3. The van der Waals surface area contributed by atoms with Crippen LogP contribution in [0.2, 0.25) is 5.15 Å². The third-order valence-corrected chi connectivity index (χ3v) is 4.13. The maximum Gasteiger partial charge on any atom is 0.143 e. The fourth-order valence-electron chi connectivity index (χ4n) is 1.72. The summed E-state index contributed by atoms with van der Waals surface area (Å²) in [4.78, 5) is 4.09. The normalized spacial score (nSPS) is 10.4. The zero-order chi connectivity index (χ0) is 13.1. The lowest BCUT2D eigenvalue weighted by Gasteiger charge is -2.11. The van der Waals surface area contributed by atoms with Gasteiger partial charge in [-0.1, -0.05) is 29.8 Å². The van der Waals surface area contributed by atoms with Gasteiger partial charge in [0.25, 0.3) is 0 Å². The van der Waals surface area contributed by atoms with E-state index in [1.807, 2.05) is 6.07 Å². The Morgan fingerprint density at radius 2 is 2.11 bits per heavy atom. The molecule has 4 heteroatoms. The van der Waals surface area contributed by atoms with E-state index in [1.165, 1.54) is 16.7 Å². The van der Waals surface area contributed by atoms with Crippen molar-refractivity contribution in [3.8, 4) is 0 Å². The van der Waals surface area contributed by atoms with Crippen LogP contribution in [0, 0.1) is 13.8 Å². The molecule has 2 aromatic rings. The second-order valence-electron chi connectivity index (χ2n) is 4.21. The predicted molar refractivity (Wildman–Crippen MR) is 80.2 cm³/mol. The molecule has 0 saturated carbocycles. The second kappa shape index (κ2) is 5.72. The van der Waals surface area contributed by atoms with Gasteiger partial charge < -0.3 is 5.32 Å². The molecular weight excluding hydrogens is 312 g/mol. The summed E-state index contributed by atoms with van der Waals surface area (Å²) in [6, 6.07) is 8.27. The molecule has 1 heterocycles. The number of hydrogen-bond acceptors (Lipinski definition) is 2. The van der Waals surface area contributed by atoms with Gasteiger partial charge in [0.05, 0.1) is 16.4 Å². The number of hydrogen-bond donors (Lipinski definition) is 1. The van der Waals surface area contributed by atoms with Crippen molar-refractivity contribution >= 4 is 33.2 Å². The average Bonchev–Trinajstić information content (AvgIpc) is 2.35. The minimum absolute atomic E-state index is 0.479. The first-order valence-corrected chi connectivity index (χ1v) is 6.85. The number of nitrogens with one attached hydrogen (secondary N) is 1. The van der Waals surface area contributed by atoms with Crippen LogP contribution in [0.25, 0.3) is 0 Å². The van der Waals surface area contributed by atoms with Crippen LogP contribution in [0.5, 0.6) is 0 Å². The first kappa shape index (κ1) is 13.4. The summed E-state index contributed by atoms with van der Waals surface area (Å²) >= 11 is 9.22. The van der Waals surface area contributed by atoms with Gasteiger partial charge in [-0.15, -0.1) is 0 Å². The van der Waals surface area contributed by atoms with E-state index in [-0.39, 0.29) is 0 Å². The number of aromatic nitrogens is 1. The molecular formula is C14H14BrClN2. The molecule has 18 heavy (non-hydrogen) atoms. The molecule has 0 radical (unpaired) electrons. The maximum absolute atomic E-state index is 5.86. The highest BCUT2D eigenvalue weighted by Gasteiger charge is 2.03. The monoisotopic (exact) mass is 324 g/mol. The smallest absolute Gasteiger partial charge is 0.143 e. The molecule has 1 N–H and O–H groups in total. The molecule has 0 fully saturated rings. The van der Waals surface area contributed by atoms with Gasteiger partial charge in [-0.3, -0.25) is 0 Å². The Balaban J connectivity index is 2.11. The summed E-state index contributed by atoms with van der Waals surface area (Å²) in [5.41, 5.74) is 4.88. The summed E-state index contributed by atoms with van der Waals surface area (Å²) in [7, 11) is 0. The van der Waals surface area contributed by atoms with E-state index in [9.17, 15) is 0 Å². The zero-order valence-corrected chi connectivity index (χ0v) is 12.6. The molecule has 0 aliphatic rings. The van der Waals surface area contributed by atoms with E-state index >= 15 is 0 Å². The number of pyridine rings is 1. The van der Waals surface area contributed by atoms with Crippen molar-refractivity contribution in [3.05, 3.63) is 56.8 Å². The van der Waals surface area contributed by atoms with Crippen molar-refractivity contribution in [1.29, 1.82) is 0 Å². The molecule has 0 bridgehead atoms. The summed E-state index contributed by atoms with van der Waals surface area (Å²) in [5.74, 6) is 0. The Labute approximate surface area is 121 Å². The molecule has 0 aliphatic carbocycles. The summed E-state index contributed by atoms with van der Waals surface area (Å²) in [6.07, 6.45) is 1.73. The van der Waals surface area contributed by atoms with E-state index in [2.05, 4.69) is 58.3 Å². The van der Waals surface area contributed by atoms with Crippen LogP contribution < -0.4 is 5.32 Å². The third kappa shape index (κ3) is 3.03. The van der Waals surface area contributed by atoms with Gasteiger partial charge in [0.2, 0.25) is 0 Å². The molecule has 0 aliphatic heterocycles. The van der Waals surface area contributed by atoms with Crippen LogP contribution in [0.4, 0.5) is 5.69 Å². The number of anilines is 1. The molecule has 1 aromatic heterocycles. The van der Waals surface area contributed by atoms with E-state index in [4.69, 9.17) is 11.6 Å². The van der Waals surface area contributed by atoms with Gasteiger partial charge >= 0.3 is 0 Å². The third-order valence-electron chi connectivity index (χ3n) is 3.00. The lowest BCUT2D eigenvalue weighted by Crippen LogP contribution is -2.02. The van der Waals surface area contributed by atoms with Crippen molar-refractivity contribution < 1.29 is 0 Å². The Kier molecular flexibility index (Phi) is 4.25. The Hall–Kier alpha value is -1.06. The maximum atomic E-state index is 5.86. The quantitative estimate of drug-likeness (QED) is 0.825. The van der Waals surface area contributed by atoms with E-state index < -0.39 is 0 Å². The first-order chi connectivity index (χ1) is 8.58. The number of aryl methyl sites for hydroxylation is 1. The molecule has 1 aromatic carbocycles. The summed E-state index contributed by atoms with van der Waals surface area (Å²) < 4.78 is 0.801. The van der Waals surface area contributed by atoms with Crippen LogP contribution in [-0.4, -0.2) is 4.98 Å².